The van der Waals surface area contributed by atoms with Gasteiger partial charge in [-0.2, -0.15) is 0 Å². The van der Waals surface area contributed by atoms with Gasteiger partial charge in [0.25, 0.3) is 0 Å². The zero-order valence-electron chi connectivity index (χ0n) is 12.0. The highest BCUT2D eigenvalue weighted by Gasteiger charge is 2.50. The van der Waals surface area contributed by atoms with Gasteiger partial charge in [-0.25, -0.2) is 4.79 Å². The molecule has 2 aliphatic rings. The monoisotopic (exact) mass is 305 g/mol. The second kappa shape index (κ2) is 5.37. The third-order valence-electron chi connectivity index (χ3n) is 4.74. The van der Waals surface area contributed by atoms with Gasteiger partial charge in [-0.1, -0.05) is 25.1 Å². The van der Waals surface area contributed by atoms with E-state index in [1.54, 1.807) is 16.7 Å². The Labute approximate surface area is 128 Å². The number of carbonyl (C=O) groups excluding carboxylic acids is 1. The molecule has 1 aromatic rings. The molecule has 2 heterocycles. The number of amides is 1. The molecule has 5 heteroatoms. The van der Waals surface area contributed by atoms with Crippen LogP contribution in [-0.2, 0) is 9.59 Å². The standard InChI is InChI=1S/C16H19NO3S/c1-2-16(15(19)20)8-5-9-17(16)14(18)12-10-21-13-7-4-3-6-11(12)13/h3-4,6-7,12H,2,5,8-10H2,1H3,(H,19,20). The number of likely N-dealkylation sites (tertiary alicyclic amines) is 1. The number of carbonyl (C=O) groups is 2. The summed E-state index contributed by atoms with van der Waals surface area (Å²) in [5.74, 6) is -0.368. The highest BCUT2D eigenvalue weighted by molar-refractivity contribution is 7.99. The Morgan fingerprint density at radius 3 is 2.90 bits per heavy atom. The van der Waals surface area contributed by atoms with Crippen LogP contribution in [0.15, 0.2) is 29.2 Å². The van der Waals surface area contributed by atoms with Crippen molar-refractivity contribution in [1.82, 2.24) is 4.90 Å². The lowest BCUT2D eigenvalue weighted by Gasteiger charge is -2.35. The number of hydrogen-bond acceptors (Lipinski definition) is 3. The highest BCUT2D eigenvalue weighted by Crippen LogP contribution is 2.43. The predicted molar refractivity (Wildman–Crippen MR) is 81.5 cm³/mol. The van der Waals surface area contributed by atoms with Crippen LogP contribution in [0.25, 0.3) is 0 Å². The molecule has 0 radical (unpaired) electrons. The van der Waals surface area contributed by atoms with Crippen LogP contribution in [0.5, 0.6) is 0 Å². The summed E-state index contributed by atoms with van der Waals surface area (Å²) in [5.41, 5.74) is 0.0500. The summed E-state index contributed by atoms with van der Waals surface area (Å²) in [6.07, 6.45) is 1.80. The second-order valence-electron chi connectivity index (χ2n) is 5.69. The van der Waals surface area contributed by atoms with E-state index in [1.807, 2.05) is 31.2 Å². The number of fused-ring (bicyclic) bond motifs is 1. The highest BCUT2D eigenvalue weighted by atomic mass is 32.2. The van der Waals surface area contributed by atoms with E-state index in [-0.39, 0.29) is 11.8 Å². The van der Waals surface area contributed by atoms with Crippen molar-refractivity contribution < 1.29 is 14.7 Å². The smallest absolute Gasteiger partial charge is 0.329 e. The van der Waals surface area contributed by atoms with E-state index in [0.29, 0.717) is 25.1 Å². The van der Waals surface area contributed by atoms with Gasteiger partial charge in [0.1, 0.15) is 5.54 Å². The van der Waals surface area contributed by atoms with E-state index in [9.17, 15) is 14.7 Å². The number of rotatable bonds is 3. The van der Waals surface area contributed by atoms with Crippen LogP contribution in [0.2, 0.25) is 0 Å². The predicted octanol–water partition coefficient (Wildman–Crippen LogP) is 2.73. The van der Waals surface area contributed by atoms with Crippen molar-refractivity contribution in [2.24, 2.45) is 0 Å². The molecule has 1 aromatic carbocycles. The molecule has 2 unspecified atom stereocenters. The fourth-order valence-electron chi connectivity index (χ4n) is 3.50. The Kier molecular flexibility index (Phi) is 3.69. The van der Waals surface area contributed by atoms with Crippen molar-refractivity contribution in [3.05, 3.63) is 29.8 Å². The van der Waals surface area contributed by atoms with Crippen LogP contribution in [0.4, 0.5) is 0 Å². The lowest BCUT2D eigenvalue weighted by Crippen LogP contribution is -2.54. The SMILES string of the molecule is CCC1(C(=O)O)CCCN1C(=O)C1CSc2ccccc21. The molecule has 1 fully saturated rings. The lowest BCUT2D eigenvalue weighted by molar-refractivity contribution is -0.157. The van der Waals surface area contributed by atoms with Gasteiger partial charge in [0.05, 0.1) is 5.92 Å². The zero-order valence-corrected chi connectivity index (χ0v) is 12.9. The van der Waals surface area contributed by atoms with E-state index < -0.39 is 11.5 Å². The molecule has 0 aromatic heterocycles. The normalized spacial score (nSPS) is 27.7. The summed E-state index contributed by atoms with van der Waals surface area (Å²) in [5, 5.41) is 9.62. The molecule has 1 amide bonds. The molecule has 1 N–H and O–H groups in total. The van der Waals surface area contributed by atoms with Gasteiger partial charge in [-0.3, -0.25) is 4.79 Å². The maximum atomic E-state index is 12.9. The van der Waals surface area contributed by atoms with Crippen molar-refractivity contribution >= 4 is 23.6 Å². The first-order valence-electron chi connectivity index (χ1n) is 7.37. The molecule has 4 nitrogen and oxygen atoms in total. The first kappa shape index (κ1) is 14.4. The molecular formula is C16H19NO3S. The summed E-state index contributed by atoms with van der Waals surface area (Å²) in [4.78, 5) is 27.4. The number of aliphatic carboxylic acids is 1. The molecule has 2 aliphatic heterocycles. The third kappa shape index (κ3) is 2.14. The Hall–Kier alpha value is -1.49. The summed E-state index contributed by atoms with van der Waals surface area (Å²) < 4.78 is 0. The molecule has 0 bridgehead atoms. The Bertz CT molecular complexity index is 589. The summed E-state index contributed by atoms with van der Waals surface area (Å²) in [6.45, 7) is 2.42. The minimum Gasteiger partial charge on any atom is -0.479 e. The van der Waals surface area contributed by atoms with Crippen molar-refractivity contribution in [3.63, 3.8) is 0 Å². The summed E-state index contributed by atoms with van der Waals surface area (Å²) >= 11 is 1.68. The van der Waals surface area contributed by atoms with Crippen LogP contribution in [0.1, 0.15) is 37.7 Å². The van der Waals surface area contributed by atoms with Gasteiger partial charge in [0.15, 0.2) is 0 Å². The molecule has 3 rings (SSSR count). The quantitative estimate of drug-likeness (QED) is 0.933. The van der Waals surface area contributed by atoms with Gasteiger partial charge in [-0.15, -0.1) is 11.8 Å². The number of hydrogen-bond donors (Lipinski definition) is 1. The number of benzene rings is 1. The zero-order chi connectivity index (χ0) is 15.0. The number of nitrogens with zero attached hydrogens (tertiary/aromatic N) is 1. The van der Waals surface area contributed by atoms with Gasteiger partial charge >= 0.3 is 5.97 Å². The second-order valence-corrected chi connectivity index (χ2v) is 6.75. The van der Waals surface area contributed by atoms with E-state index in [0.717, 1.165) is 16.9 Å². The maximum Gasteiger partial charge on any atom is 0.329 e. The van der Waals surface area contributed by atoms with E-state index >= 15 is 0 Å². The van der Waals surface area contributed by atoms with Crippen LogP contribution in [0, 0.1) is 0 Å². The molecule has 0 spiro atoms. The largest absolute Gasteiger partial charge is 0.479 e. The molecule has 1 saturated heterocycles. The number of carboxylic acid groups (broad SMARTS) is 1. The van der Waals surface area contributed by atoms with Gasteiger partial charge in [0.2, 0.25) is 5.91 Å². The average Bonchev–Trinajstić information content (AvgIpc) is 3.11. The maximum absolute atomic E-state index is 12.9. The van der Waals surface area contributed by atoms with Crippen LogP contribution >= 0.6 is 11.8 Å². The average molecular weight is 305 g/mol. The lowest BCUT2D eigenvalue weighted by atomic mass is 9.91. The fraction of sp³-hybridized carbons (Fsp3) is 0.500. The third-order valence-corrected chi connectivity index (χ3v) is 5.92. The number of thioether (sulfide) groups is 1. The van der Waals surface area contributed by atoms with E-state index in [4.69, 9.17) is 0 Å². The minimum absolute atomic E-state index is 0.0193. The molecule has 0 aliphatic carbocycles. The first-order valence-corrected chi connectivity index (χ1v) is 8.35. The van der Waals surface area contributed by atoms with E-state index in [2.05, 4.69) is 0 Å². The van der Waals surface area contributed by atoms with Crippen LogP contribution in [-0.4, -0.2) is 39.7 Å². The van der Waals surface area contributed by atoms with Gasteiger partial charge in [0, 0.05) is 17.2 Å². The Morgan fingerprint density at radius 2 is 2.19 bits per heavy atom. The summed E-state index contributed by atoms with van der Waals surface area (Å²) in [6, 6.07) is 7.94. The topological polar surface area (TPSA) is 57.6 Å². The molecule has 112 valence electrons. The molecule has 0 saturated carbocycles. The fourth-order valence-corrected chi connectivity index (χ4v) is 4.72. The van der Waals surface area contributed by atoms with Crippen molar-refractivity contribution in [2.75, 3.05) is 12.3 Å². The minimum atomic E-state index is -1.00. The molecular weight excluding hydrogens is 286 g/mol. The van der Waals surface area contributed by atoms with E-state index in [1.165, 1.54) is 0 Å². The van der Waals surface area contributed by atoms with Crippen molar-refractivity contribution in [2.45, 2.75) is 42.5 Å². The number of carboxylic acids is 1. The van der Waals surface area contributed by atoms with Crippen molar-refractivity contribution in [3.8, 4) is 0 Å². The summed E-state index contributed by atoms with van der Waals surface area (Å²) in [7, 11) is 0. The molecule has 2 atom stereocenters. The molecule has 21 heavy (non-hydrogen) atoms. The Balaban J connectivity index is 1.91. The van der Waals surface area contributed by atoms with Crippen molar-refractivity contribution in [1.29, 1.82) is 0 Å². The Morgan fingerprint density at radius 1 is 1.43 bits per heavy atom. The van der Waals surface area contributed by atoms with Gasteiger partial charge in [-0.05, 0) is 30.9 Å². The van der Waals surface area contributed by atoms with Gasteiger partial charge < -0.3 is 10.0 Å². The van der Waals surface area contributed by atoms with Crippen LogP contribution < -0.4 is 0 Å². The first-order chi connectivity index (χ1) is 10.1. The van der Waals surface area contributed by atoms with Crippen LogP contribution in [0.3, 0.4) is 0 Å².